The van der Waals surface area contributed by atoms with Crippen LogP contribution in [0.15, 0.2) is 54.6 Å². The summed E-state index contributed by atoms with van der Waals surface area (Å²) in [7, 11) is 2.03. The van der Waals surface area contributed by atoms with Gasteiger partial charge in [0.2, 0.25) is 0 Å². The number of nitrogens with zero attached hydrogens (tertiary/aromatic N) is 1. The number of hydrogen-bond acceptors (Lipinski definition) is 1. The molecule has 0 saturated carbocycles. The van der Waals surface area contributed by atoms with Gasteiger partial charge in [0, 0.05) is 6.54 Å². The summed E-state index contributed by atoms with van der Waals surface area (Å²) in [6, 6.07) is 19.0. The second-order valence-electron chi connectivity index (χ2n) is 4.44. The molecular formula is C17H17N. The fraction of sp³-hybridized carbons (Fsp3) is 0.176. The van der Waals surface area contributed by atoms with E-state index in [2.05, 4.69) is 59.4 Å². The Bertz CT molecular complexity index is 520. The lowest BCUT2D eigenvalue weighted by molar-refractivity contribution is 0.369. The molecule has 0 heterocycles. The molecule has 0 atom stereocenters. The Balaban J connectivity index is 2.09. The molecule has 0 unspecified atom stereocenters. The second kappa shape index (κ2) is 6.05. The molecule has 0 spiro atoms. The first-order chi connectivity index (χ1) is 8.79. The molecule has 0 bridgehead atoms. The molecule has 0 aliphatic rings. The average molecular weight is 235 g/mol. The van der Waals surface area contributed by atoms with Gasteiger partial charge in [-0.3, -0.25) is 4.90 Å². The maximum atomic E-state index is 5.29. The van der Waals surface area contributed by atoms with E-state index < -0.39 is 0 Å². The highest BCUT2D eigenvalue weighted by atomic mass is 15.1. The van der Waals surface area contributed by atoms with Gasteiger partial charge in [0.05, 0.1) is 6.54 Å². The van der Waals surface area contributed by atoms with Crippen LogP contribution in [-0.4, -0.2) is 18.5 Å². The molecule has 2 aromatic carbocycles. The standard InChI is InChI=1S/C17H17N/c1-3-13-18(2)14-15-9-11-17(12-10-15)16-7-5-4-6-8-16/h1,4-12H,13-14H2,2H3. The first-order valence-corrected chi connectivity index (χ1v) is 6.06. The van der Waals surface area contributed by atoms with Gasteiger partial charge in [0.1, 0.15) is 0 Å². The highest BCUT2D eigenvalue weighted by Gasteiger charge is 2.00. The highest BCUT2D eigenvalue weighted by molar-refractivity contribution is 5.63. The smallest absolute Gasteiger partial charge is 0.0599 e. The Morgan fingerprint density at radius 2 is 1.56 bits per heavy atom. The number of benzene rings is 2. The Morgan fingerprint density at radius 1 is 0.944 bits per heavy atom. The zero-order valence-corrected chi connectivity index (χ0v) is 10.6. The van der Waals surface area contributed by atoms with Gasteiger partial charge in [0.15, 0.2) is 0 Å². The van der Waals surface area contributed by atoms with Crippen molar-refractivity contribution in [3.63, 3.8) is 0 Å². The topological polar surface area (TPSA) is 3.24 Å². The van der Waals surface area contributed by atoms with Crippen LogP contribution in [0.3, 0.4) is 0 Å². The Labute approximate surface area is 109 Å². The Hall–Kier alpha value is -2.04. The first kappa shape index (κ1) is 12.4. The first-order valence-electron chi connectivity index (χ1n) is 6.06. The van der Waals surface area contributed by atoms with E-state index in [9.17, 15) is 0 Å². The Kier molecular flexibility index (Phi) is 4.17. The summed E-state index contributed by atoms with van der Waals surface area (Å²) in [5, 5.41) is 0. The summed E-state index contributed by atoms with van der Waals surface area (Å²) in [5.41, 5.74) is 3.78. The van der Waals surface area contributed by atoms with Crippen molar-refractivity contribution in [2.24, 2.45) is 0 Å². The molecule has 0 aromatic heterocycles. The van der Waals surface area contributed by atoms with Gasteiger partial charge < -0.3 is 0 Å². The number of rotatable bonds is 4. The van der Waals surface area contributed by atoms with Crippen LogP contribution in [0.2, 0.25) is 0 Å². The van der Waals surface area contributed by atoms with Gasteiger partial charge in [-0.25, -0.2) is 0 Å². The van der Waals surface area contributed by atoms with Gasteiger partial charge in [0.25, 0.3) is 0 Å². The molecule has 0 N–H and O–H groups in total. The van der Waals surface area contributed by atoms with Gasteiger partial charge in [-0.2, -0.15) is 0 Å². The second-order valence-corrected chi connectivity index (χ2v) is 4.44. The van der Waals surface area contributed by atoms with Crippen LogP contribution in [0, 0.1) is 12.3 Å². The maximum Gasteiger partial charge on any atom is 0.0599 e. The van der Waals surface area contributed by atoms with Gasteiger partial charge in [-0.15, -0.1) is 6.42 Å². The lowest BCUT2D eigenvalue weighted by Gasteiger charge is -2.13. The molecular weight excluding hydrogens is 218 g/mol. The van der Waals surface area contributed by atoms with Gasteiger partial charge in [-0.05, 0) is 23.7 Å². The van der Waals surface area contributed by atoms with Crippen molar-refractivity contribution in [3.05, 3.63) is 60.2 Å². The normalized spacial score (nSPS) is 10.3. The summed E-state index contributed by atoms with van der Waals surface area (Å²) in [6.07, 6.45) is 5.29. The van der Waals surface area contributed by atoms with Crippen molar-refractivity contribution in [2.45, 2.75) is 6.54 Å². The summed E-state index contributed by atoms with van der Waals surface area (Å²) in [5.74, 6) is 2.65. The quantitative estimate of drug-likeness (QED) is 0.734. The van der Waals surface area contributed by atoms with E-state index in [0.717, 1.165) is 6.54 Å². The van der Waals surface area contributed by atoms with Gasteiger partial charge in [-0.1, -0.05) is 60.5 Å². The highest BCUT2D eigenvalue weighted by Crippen LogP contribution is 2.19. The van der Waals surface area contributed by atoms with Crippen LogP contribution in [0.25, 0.3) is 11.1 Å². The van der Waals surface area contributed by atoms with Crippen molar-refractivity contribution in [1.82, 2.24) is 4.90 Å². The van der Waals surface area contributed by atoms with E-state index in [1.165, 1.54) is 16.7 Å². The monoisotopic (exact) mass is 235 g/mol. The van der Waals surface area contributed by atoms with Crippen LogP contribution in [0.1, 0.15) is 5.56 Å². The fourth-order valence-electron chi connectivity index (χ4n) is 1.96. The molecule has 1 heteroatoms. The maximum absolute atomic E-state index is 5.29. The number of terminal acetylenes is 1. The van der Waals surface area contributed by atoms with Crippen molar-refractivity contribution in [3.8, 4) is 23.5 Å². The molecule has 2 rings (SSSR count). The van der Waals surface area contributed by atoms with E-state index in [0.29, 0.717) is 6.54 Å². The predicted octanol–water partition coefficient (Wildman–Crippen LogP) is 3.42. The largest absolute Gasteiger partial charge is 0.291 e. The van der Waals surface area contributed by atoms with E-state index in [4.69, 9.17) is 6.42 Å². The van der Waals surface area contributed by atoms with Crippen LogP contribution >= 0.6 is 0 Å². The molecule has 0 aliphatic heterocycles. The lowest BCUT2D eigenvalue weighted by Crippen LogP contribution is -2.17. The molecule has 0 fully saturated rings. The van der Waals surface area contributed by atoms with Crippen LogP contribution in [0.5, 0.6) is 0 Å². The van der Waals surface area contributed by atoms with E-state index in [1.807, 2.05) is 13.1 Å². The molecule has 0 aliphatic carbocycles. The predicted molar refractivity (Wildman–Crippen MR) is 77.0 cm³/mol. The molecule has 0 radical (unpaired) electrons. The zero-order chi connectivity index (χ0) is 12.8. The minimum absolute atomic E-state index is 0.681. The van der Waals surface area contributed by atoms with Crippen molar-refractivity contribution < 1.29 is 0 Å². The van der Waals surface area contributed by atoms with Crippen molar-refractivity contribution >= 4 is 0 Å². The average Bonchev–Trinajstić information content (AvgIpc) is 2.41. The summed E-state index contributed by atoms with van der Waals surface area (Å²) >= 11 is 0. The van der Waals surface area contributed by atoms with Crippen molar-refractivity contribution in [1.29, 1.82) is 0 Å². The van der Waals surface area contributed by atoms with Crippen LogP contribution < -0.4 is 0 Å². The third-order valence-corrected chi connectivity index (χ3v) is 2.87. The third-order valence-electron chi connectivity index (χ3n) is 2.87. The summed E-state index contributed by atoms with van der Waals surface area (Å²) in [4.78, 5) is 2.12. The van der Waals surface area contributed by atoms with Gasteiger partial charge >= 0.3 is 0 Å². The molecule has 1 nitrogen and oxygen atoms in total. The van der Waals surface area contributed by atoms with Crippen molar-refractivity contribution in [2.75, 3.05) is 13.6 Å². The van der Waals surface area contributed by atoms with Crippen LogP contribution in [0.4, 0.5) is 0 Å². The SMILES string of the molecule is C#CCN(C)Cc1ccc(-c2ccccc2)cc1. The fourth-order valence-corrected chi connectivity index (χ4v) is 1.96. The Morgan fingerprint density at radius 3 is 2.17 bits per heavy atom. The van der Waals surface area contributed by atoms with E-state index in [1.54, 1.807) is 0 Å². The molecule has 90 valence electrons. The van der Waals surface area contributed by atoms with Crippen LogP contribution in [-0.2, 0) is 6.54 Å². The summed E-state index contributed by atoms with van der Waals surface area (Å²) in [6.45, 7) is 1.57. The van der Waals surface area contributed by atoms with E-state index in [-0.39, 0.29) is 0 Å². The van der Waals surface area contributed by atoms with E-state index >= 15 is 0 Å². The molecule has 0 amide bonds. The minimum Gasteiger partial charge on any atom is -0.291 e. The number of hydrogen-bond donors (Lipinski definition) is 0. The minimum atomic E-state index is 0.681. The molecule has 18 heavy (non-hydrogen) atoms. The molecule has 0 saturated heterocycles. The molecule has 2 aromatic rings. The zero-order valence-electron chi connectivity index (χ0n) is 10.6. The lowest BCUT2D eigenvalue weighted by atomic mass is 10.0. The third kappa shape index (κ3) is 3.23. The summed E-state index contributed by atoms with van der Waals surface area (Å²) < 4.78 is 0.